The Morgan fingerprint density at radius 2 is 2.08 bits per heavy atom. The van der Waals surface area contributed by atoms with E-state index in [1.54, 1.807) is 0 Å². The summed E-state index contributed by atoms with van der Waals surface area (Å²) in [6, 6.07) is 0.391. The lowest BCUT2D eigenvalue weighted by molar-refractivity contribution is -0.133. The molecule has 0 aromatic carbocycles. The average Bonchev–Trinajstić information content (AvgIpc) is 3.00. The Balaban J connectivity index is 1.96. The topological polar surface area (TPSA) is 84.6 Å². The van der Waals surface area contributed by atoms with Gasteiger partial charge in [-0.05, 0) is 40.0 Å². The van der Waals surface area contributed by atoms with Crippen LogP contribution in [0.1, 0.15) is 58.7 Å². The zero-order valence-corrected chi connectivity index (χ0v) is 16.3. The van der Waals surface area contributed by atoms with Crippen molar-refractivity contribution in [2.24, 2.45) is 10.4 Å². The van der Waals surface area contributed by atoms with Crippen LogP contribution in [0.4, 0.5) is 0 Å². The number of rotatable bonds is 9. The monoisotopic (exact) mass is 351 g/mol. The van der Waals surface area contributed by atoms with Crippen LogP contribution in [-0.4, -0.2) is 47.9 Å². The van der Waals surface area contributed by atoms with E-state index in [4.69, 9.17) is 9.26 Å². The zero-order chi connectivity index (χ0) is 18.3. The summed E-state index contributed by atoms with van der Waals surface area (Å²) >= 11 is 0. The number of aromatic nitrogens is 2. The average molecular weight is 351 g/mol. The van der Waals surface area contributed by atoms with Gasteiger partial charge in [-0.15, -0.1) is 0 Å². The zero-order valence-electron chi connectivity index (χ0n) is 16.3. The number of hydrogen-bond donors (Lipinski definition) is 2. The molecule has 0 aliphatic heterocycles. The predicted molar refractivity (Wildman–Crippen MR) is 98.7 cm³/mol. The van der Waals surface area contributed by atoms with E-state index in [0.29, 0.717) is 36.8 Å². The van der Waals surface area contributed by atoms with E-state index in [2.05, 4.69) is 53.5 Å². The molecule has 1 heterocycles. The van der Waals surface area contributed by atoms with Crippen LogP contribution in [0.15, 0.2) is 9.52 Å². The lowest BCUT2D eigenvalue weighted by atomic mass is 9.58. The summed E-state index contributed by atoms with van der Waals surface area (Å²) < 4.78 is 11.1. The van der Waals surface area contributed by atoms with Crippen LogP contribution in [0, 0.1) is 12.3 Å². The van der Waals surface area contributed by atoms with Gasteiger partial charge in [-0.3, -0.25) is 4.99 Å². The van der Waals surface area contributed by atoms with Crippen LogP contribution in [0.2, 0.25) is 0 Å². The second kappa shape index (κ2) is 9.17. The molecule has 0 saturated heterocycles. The van der Waals surface area contributed by atoms with Gasteiger partial charge in [0.1, 0.15) is 0 Å². The molecule has 1 aliphatic rings. The van der Waals surface area contributed by atoms with Crippen molar-refractivity contribution in [3.05, 3.63) is 11.7 Å². The highest BCUT2D eigenvalue weighted by Gasteiger charge is 2.53. The summed E-state index contributed by atoms with van der Waals surface area (Å²) in [5, 5.41) is 10.8. The van der Waals surface area contributed by atoms with Gasteiger partial charge in [-0.2, -0.15) is 4.98 Å². The quantitative estimate of drug-likeness (QED) is 0.525. The molecular formula is C18H33N5O2. The molecule has 2 atom stereocenters. The lowest BCUT2D eigenvalue weighted by Gasteiger charge is -2.55. The van der Waals surface area contributed by atoms with Crippen molar-refractivity contribution in [3.63, 3.8) is 0 Å². The standard InChI is InChI=1S/C18H33N5O2/c1-6-18(7-2)14(12-15(18)24-9-4)22-17(19-8-3)20-11-10-16-21-13(5)23-25-16/h14-15H,6-12H2,1-5H3,(H2,19,20,22). The third-order valence-electron chi connectivity index (χ3n) is 5.29. The highest BCUT2D eigenvalue weighted by atomic mass is 16.5. The minimum atomic E-state index is 0.190. The normalized spacial score (nSPS) is 22.5. The van der Waals surface area contributed by atoms with Crippen molar-refractivity contribution in [3.8, 4) is 0 Å². The molecule has 0 amide bonds. The molecule has 1 fully saturated rings. The Morgan fingerprint density at radius 3 is 2.64 bits per heavy atom. The van der Waals surface area contributed by atoms with E-state index >= 15 is 0 Å². The summed E-state index contributed by atoms with van der Waals surface area (Å²) in [6.07, 6.45) is 4.23. The molecule has 2 rings (SSSR count). The van der Waals surface area contributed by atoms with Gasteiger partial charge < -0.3 is 19.9 Å². The maximum atomic E-state index is 5.96. The second-order valence-corrected chi connectivity index (χ2v) is 6.56. The first-order chi connectivity index (χ1) is 12.1. The smallest absolute Gasteiger partial charge is 0.228 e. The van der Waals surface area contributed by atoms with E-state index in [9.17, 15) is 0 Å². The molecular weight excluding hydrogens is 318 g/mol. The van der Waals surface area contributed by atoms with Gasteiger partial charge in [0.2, 0.25) is 5.89 Å². The van der Waals surface area contributed by atoms with Crippen molar-refractivity contribution in [1.29, 1.82) is 0 Å². The molecule has 1 aliphatic carbocycles. The summed E-state index contributed by atoms with van der Waals surface area (Å²) in [7, 11) is 0. The number of hydrogen-bond acceptors (Lipinski definition) is 5. The van der Waals surface area contributed by atoms with E-state index in [1.165, 1.54) is 0 Å². The largest absolute Gasteiger partial charge is 0.378 e. The molecule has 0 bridgehead atoms. The Morgan fingerprint density at radius 1 is 1.32 bits per heavy atom. The molecule has 7 heteroatoms. The molecule has 2 unspecified atom stereocenters. The van der Waals surface area contributed by atoms with Crippen molar-refractivity contribution >= 4 is 5.96 Å². The molecule has 0 radical (unpaired) electrons. The summed E-state index contributed by atoms with van der Waals surface area (Å²) in [5.74, 6) is 2.15. The molecule has 7 nitrogen and oxygen atoms in total. The van der Waals surface area contributed by atoms with E-state index in [0.717, 1.165) is 38.4 Å². The fourth-order valence-electron chi connectivity index (χ4n) is 3.77. The maximum Gasteiger partial charge on any atom is 0.228 e. The Kier molecular flexibility index (Phi) is 7.23. The van der Waals surface area contributed by atoms with Crippen molar-refractivity contribution < 1.29 is 9.26 Å². The molecule has 25 heavy (non-hydrogen) atoms. The fraction of sp³-hybridized carbons (Fsp3) is 0.833. The second-order valence-electron chi connectivity index (χ2n) is 6.56. The minimum Gasteiger partial charge on any atom is -0.378 e. The van der Waals surface area contributed by atoms with Gasteiger partial charge in [0.05, 0.1) is 12.6 Å². The van der Waals surface area contributed by atoms with Gasteiger partial charge >= 0.3 is 0 Å². The molecule has 0 spiro atoms. The molecule has 1 aromatic rings. The summed E-state index contributed by atoms with van der Waals surface area (Å²) in [4.78, 5) is 8.89. The minimum absolute atomic E-state index is 0.190. The third-order valence-corrected chi connectivity index (χ3v) is 5.29. The predicted octanol–water partition coefficient (Wildman–Crippen LogP) is 2.46. The number of ether oxygens (including phenoxy) is 1. The Bertz CT molecular complexity index is 553. The first kappa shape index (κ1) is 19.7. The van der Waals surface area contributed by atoms with Gasteiger partial charge in [0.25, 0.3) is 0 Å². The highest BCUT2D eigenvalue weighted by molar-refractivity contribution is 5.80. The lowest BCUT2D eigenvalue weighted by Crippen LogP contribution is -2.65. The van der Waals surface area contributed by atoms with Crippen LogP contribution >= 0.6 is 0 Å². The van der Waals surface area contributed by atoms with Crippen molar-refractivity contribution in [2.75, 3.05) is 19.7 Å². The van der Waals surface area contributed by atoms with Gasteiger partial charge in [0, 0.05) is 31.0 Å². The van der Waals surface area contributed by atoms with Crippen molar-refractivity contribution in [1.82, 2.24) is 20.8 Å². The molecule has 2 N–H and O–H groups in total. The number of nitrogens with zero attached hydrogens (tertiary/aromatic N) is 3. The summed E-state index contributed by atoms with van der Waals surface area (Å²) in [6.45, 7) is 12.7. The van der Waals surface area contributed by atoms with E-state index in [1.807, 2.05) is 6.92 Å². The van der Waals surface area contributed by atoms with Crippen LogP contribution in [0.3, 0.4) is 0 Å². The number of guanidine groups is 1. The van der Waals surface area contributed by atoms with Gasteiger partial charge in [0.15, 0.2) is 11.8 Å². The molecule has 1 saturated carbocycles. The maximum absolute atomic E-state index is 5.96. The fourth-order valence-corrected chi connectivity index (χ4v) is 3.77. The number of nitrogens with one attached hydrogen (secondary N) is 2. The molecule has 142 valence electrons. The third kappa shape index (κ3) is 4.51. The van der Waals surface area contributed by atoms with Crippen molar-refractivity contribution in [2.45, 2.75) is 72.4 Å². The number of aliphatic imine (C=N–C) groups is 1. The van der Waals surface area contributed by atoms with Gasteiger partial charge in [-0.25, -0.2) is 0 Å². The van der Waals surface area contributed by atoms with Crippen LogP contribution in [-0.2, 0) is 11.2 Å². The van der Waals surface area contributed by atoms with E-state index < -0.39 is 0 Å². The highest BCUT2D eigenvalue weighted by Crippen LogP contribution is 2.48. The van der Waals surface area contributed by atoms with Crippen LogP contribution in [0.5, 0.6) is 0 Å². The first-order valence-electron chi connectivity index (χ1n) is 9.55. The number of aryl methyl sites for hydroxylation is 1. The Hall–Kier alpha value is -1.63. The molecule has 1 aromatic heterocycles. The van der Waals surface area contributed by atoms with E-state index in [-0.39, 0.29) is 5.41 Å². The first-order valence-corrected chi connectivity index (χ1v) is 9.55. The Labute approximate surface area is 151 Å². The SMILES string of the molecule is CCNC(=NCCc1nc(C)no1)NC1CC(OCC)C1(CC)CC. The summed E-state index contributed by atoms with van der Waals surface area (Å²) in [5.41, 5.74) is 0.190. The van der Waals surface area contributed by atoms with Gasteiger partial charge in [-0.1, -0.05) is 19.0 Å². The van der Waals surface area contributed by atoms with Crippen LogP contribution in [0.25, 0.3) is 0 Å². The van der Waals surface area contributed by atoms with Crippen LogP contribution < -0.4 is 10.6 Å².